The number of rotatable bonds is 0. The second kappa shape index (κ2) is 6.61. The van der Waals surface area contributed by atoms with E-state index in [1.165, 1.54) is 24.8 Å². The largest absolute Gasteiger partial charge is 0.381 e. The lowest BCUT2D eigenvalue weighted by Crippen LogP contribution is -2.03. The predicted molar refractivity (Wildman–Crippen MR) is 53.6 cm³/mol. The highest BCUT2D eigenvalue weighted by atomic mass is 16.5. The molecule has 0 N–H and O–H groups in total. The lowest BCUT2D eigenvalue weighted by molar-refractivity contribution is 0.0968. The molecule has 0 bridgehead atoms. The SMILES string of the molecule is C1CCOCC1.Cc1ccncc1. The van der Waals surface area contributed by atoms with Crippen LogP contribution in [0.15, 0.2) is 24.5 Å². The van der Waals surface area contributed by atoms with E-state index < -0.39 is 0 Å². The van der Waals surface area contributed by atoms with Crippen LogP contribution in [0, 0.1) is 6.92 Å². The van der Waals surface area contributed by atoms with Crippen molar-refractivity contribution in [1.82, 2.24) is 4.98 Å². The third kappa shape index (κ3) is 5.36. The lowest BCUT2D eigenvalue weighted by atomic mass is 10.2. The Kier molecular flexibility index (Phi) is 5.18. The highest BCUT2D eigenvalue weighted by molar-refractivity contribution is 5.05. The molecular weight excluding hydrogens is 162 g/mol. The molecule has 1 aliphatic heterocycles. The fraction of sp³-hybridized carbons (Fsp3) is 0.545. The third-order valence-corrected chi connectivity index (χ3v) is 1.92. The topological polar surface area (TPSA) is 22.1 Å². The molecular formula is C11H17NO. The number of hydrogen-bond donors (Lipinski definition) is 0. The second-order valence-electron chi connectivity index (χ2n) is 3.20. The Balaban J connectivity index is 0.000000132. The van der Waals surface area contributed by atoms with E-state index in [4.69, 9.17) is 4.74 Å². The van der Waals surface area contributed by atoms with Gasteiger partial charge in [-0.2, -0.15) is 0 Å². The quantitative estimate of drug-likeness (QED) is 0.610. The van der Waals surface area contributed by atoms with Crippen LogP contribution < -0.4 is 0 Å². The van der Waals surface area contributed by atoms with Crippen molar-refractivity contribution in [2.24, 2.45) is 0 Å². The Morgan fingerprint density at radius 2 is 1.69 bits per heavy atom. The van der Waals surface area contributed by atoms with Crippen LogP contribution in [0.25, 0.3) is 0 Å². The fourth-order valence-corrected chi connectivity index (χ4v) is 1.11. The maximum absolute atomic E-state index is 5.07. The molecule has 2 heterocycles. The Hall–Kier alpha value is -0.890. The van der Waals surface area contributed by atoms with Gasteiger partial charge in [0.1, 0.15) is 0 Å². The van der Waals surface area contributed by atoms with Gasteiger partial charge in [-0.05, 0) is 43.9 Å². The molecule has 0 aliphatic carbocycles. The summed E-state index contributed by atoms with van der Waals surface area (Å²) < 4.78 is 5.07. The molecule has 2 heteroatoms. The summed E-state index contributed by atoms with van der Waals surface area (Å²) in [6.45, 7) is 4.04. The summed E-state index contributed by atoms with van der Waals surface area (Å²) in [6.07, 6.45) is 7.50. The molecule has 0 radical (unpaired) electrons. The Morgan fingerprint density at radius 1 is 1.08 bits per heavy atom. The van der Waals surface area contributed by atoms with Crippen molar-refractivity contribution < 1.29 is 4.74 Å². The molecule has 0 spiro atoms. The summed E-state index contributed by atoms with van der Waals surface area (Å²) in [5.41, 5.74) is 1.26. The standard InChI is InChI=1S/C6H7N.C5H10O/c1-6-2-4-7-5-3-6;1-2-4-6-5-3-1/h2-5H,1H3;1-5H2. The van der Waals surface area contributed by atoms with Crippen molar-refractivity contribution in [2.75, 3.05) is 13.2 Å². The molecule has 0 saturated carbocycles. The molecule has 0 unspecified atom stereocenters. The zero-order chi connectivity index (χ0) is 9.36. The first-order valence-electron chi connectivity index (χ1n) is 4.84. The highest BCUT2D eigenvalue weighted by Crippen LogP contribution is 2.02. The van der Waals surface area contributed by atoms with Gasteiger partial charge in [-0.3, -0.25) is 4.98 Å². The summed E-state index contributed by atoms with van der Waals surface area (Å²) >= 11 is 0. The van der Waals surface area contributed by atoms with Gasteiger partial charge in [0.25, 0.3) is 0 Å². The van der Waals surface area contributed by atoms with Crippen molar-refractivity contribution in [3.8, 4) is 0 Å². The molecule has 72 valence electrons. The monoisotopic (exact) mass is 179 g/mol. The van der Waals surface area contributed by atoms with Gasteiger partial charge in [-0.25, -0.2) is 0 Å². The fourth-order valence-electron chi connectivity index (χ4n) is 1.11. The van der Waals surface area contributed by atoms with Crippen molar-refractivity contribution in [2.45, 2.75) is 26.2 Å². The van der Waals surface area contributed by atoms with Crippen molar-refractivity contribution in [3.63, 3.8) is 0 Å². The van der Waals surface area contributed by atoms with Gasteiger partial charge >= 0.3 is 0 Å². The van der Waals surface area contributed by atoms with Gasteiger partial charge in [-0.1, -0.05) is 0 Å². The minimum absolute atomic E-state index is 1.00. The first-order valence-corrected chi connectivity index (χ1v) is 4.84. The Morgan fingerprint density at radius 3 is 1.92 bits per heavy atom. The number of aryl methyl sites for hydroxylation is 1. The van der Waals surface area contributed by atoms with Crippen LogP contribution in [-0.4, -0.2) is 18.2 Å². The number of pyridine rings is 1. The zero-order valence-electron chi connectivity index (χ0n) is 8.20. The average molecular weight is 179 g/mol. The number of aromatic nitrogens is 1. The normalized spacial score (nSPS) is 15.8. The molecule has 2 nitrogen and oxygen atoms in total. The van der Waals surface area contributed by atoms with E-state index in [0.29, 0.717) is 0 Å². The molecule has 2 rings (SSSR count). The first kappa shape index (κ1) is 10.2. The van der Waals surface area contributed by atoms with Gasteiger partial charge in [-0.15, -0.1) is 0 Å². The predicted octanol–water partition coefficient (Wildman–Crippen LogP) is 2.58. The van der Waals surface area contributed by atoms with Gasteiger partial charge in [0, 0.05) is 25.6 Å². The van der Waals surface area contributed by atoms with E-state index in [9.17, 15) is 0 Å². The molecule has 1 saturated heterocycles. The van der Waals surface area contributed by atoms with Crippen LogP contribution in [0.4, 0.5) is 0 Å². The minimum atomic E-state index is 1.00. The molecule has 1 aromatic rings. The molecule has 0 atom stereocenters. The average Bonchev–Trinajstić information content (AvgIpc) is 2.22. The maximum atomic E-state index is 5.07. The molecule has 0 aromatic carbocycles. The molecule has 1 aromatic heterocycles. The van der Waals surface area contributed by atoms with E-state index in [2.05, 4.69) is 4.98 Å². The maximum Gasteiger partial charge on any atom is 0.0466 e. The third-order valence-electron chi connectivity index (χ3n) is 1.92. The number of hydrogen-bond acceptors (Lipinski definition) is 2. The van der Waals surface area contributed by atoms with Gasteiger partial charge in [0.15, 0.2) is 0 Å². The summed E-state index contributed by atoms with van der Waals surface area (Å²) in [5, 5.41) is 0. The molecule has 1 aliphatic rings. The highest BCUT2D eigenvalue weighted by Gasteiger charge is 1.95. The van der Waals surface area contributed by atoms with Gasteiger partial charge in [0.05, 0.1) is 0 Å². The van der Waals surface area contributed by atoms with E-state index in [1.807, 2.05) is 19.1 Å². The number of nitrogens with zero attached hydrogens (tertiary/aromatic N) is 1. The number of ether oxygens (including phenoxy) is 1. The van der Waals surface area contributed by atoms with E-state index in [0.717, 1.165) is 13.2 Å². The smallest absolute Gasteiger partial charge is 0.0466 e. The van der Waals surface area contributed by atoms with E-state index >= 15 is 0 Å². The van der Waals surface area contributed by atoms with E-state index in [-0.39, 0.29) is 0 Å². The summed E-state index contributed by atoms with van der Waals surface area (Å²) in [7, 11) is 0. The van der Waals surface area contributed by atoms with Crippen molar-refractivity contribution in [1.29, 1.82) is 0 Å². The Labute approximate surface area is 80.0 Å². The van der Waals surface area contributed by atoms with Crippen LogP contribution >= 0.6 is 0 Å². The zero-order valence-corrected chi connectivity index (χ0v) is 8.20. The van der Waals surface area contributed by atoms with Gasteiger partial charge in [0.2, 0.25) is 0 Å². The van der Waals surface area contributed by atoms with Crippen LogP contribution in [0.2, 0.25) is 0 Å². The van der Waals surface area contributed by atoms with E-state index in [1.54, 1.807) is 12.4 Å². The summed E-state index contributed by atoms with van der Waals surface area (Å²) in [5.74, 6) is 0. The van der Waals surface area contributed by atoms with Crippen LogP contribution in [0.5, 0.6) is 0 Å². The second-order valence-corrected chi connectivity index (χ2v) is 3.20. The Bertz CT molecular complexity index is 195. The van der Waals surface area contributed by atoms with Crippen LogP contribution in [0.1, 0.15) is 24.8 Å². The molecule has 13 heavy (non-hydrogen) atoms. The summed E-state index contributed by atoms with van der Waals surface area (Å²) in [6, 6.07) is 3.94. The molecule has 1 fully saturated rings. The van der Waals surface area contributed by atoms with Crippen molar-refractivity contribution >= 4 is 0 Å². The van der Waals surface area contributed by atoms with Crippen molar-refractivity contribution in [3.05, 3.63) is 30.1 Å². The molecule has 0 amide bonds. The van der Waals surface area contributed by atoms with Crippen LogP contribution in [0.3, 0.4) is 0 Å². The summed E-state index contributed by atoms with van der Waals surface area (Å²) in [4.78, 5) is 3.85. The van der Waals surface area contributed by atoms with Gasteiger partial charge < -0.3 is 4.74 Å². The van der Waals surface area contributed by atoms with Crippen LogP contribution in [-0.2, 0) is 4.74 Å². The lowest BCUT2D eigenvalue weighted by Gasteiger charge is -2.08. The minimum Gasteiger partial charge on any atom is -0.381 e. The first-order chi connectivity index (χ1) is 6.39.